The highest BCUT2D eigenvalue weighted by molar-refractivity contribution is 5.16. The SMILES string of the molecule is C[C@@H]1CC[C@H]2[C@@](C)(O)[C@@H](OCc3cccc(F)c3)O[C@@H]3O[C@@]4(C)CC[C@@H]1[C@]32OO4. The van der Waals surface area contributed by atoms with Gasteiger partial charge in [-0.3, -0.25) is 0 Å². The van der Waals surface area contributed by atoms with Crippen LogP contribution in [0.5, 0.6) is 0 Å². The van der Waals surface area contributed by atoms with Crippen LogP contribution >= 0.6 is 0 Å². The van der Waals surface area contributed by atoms with E-state index in [0.717, 1.165) is 19.3 Å². The maximum atomic E-state index is 13.5. The fraction of sp³-hybridized carbons (Fsp3) is 0.727. The minimum atomic E-state index is -1.31. The Hall–Kier alpha value is -1.09. The number of benzene rings is 1. The van der Waals surface area contributed by atoms with Crippen molar-refractivity contribution >= 4 is 0 Å². The number of hydrogen-bond acceptors (Lipinski definition) is 6. The van der Waals surface area contributed by atoms with Crippen LogP contribution < -0.4 is 0 Å². The topological polar surface area (TPSA) is 66.4 Å². The molecule has 0 amide bonds. The van der Waals surface area contributed by atoms with Gasteiger partial charge in [0, 0.05) is 12.3 Å². The van der Waals surface area contributed by atoms with E-state index in [4.69, 9.17) is 24.0 Å². The molecule has 4 aliphatic heterocycles. The molecule has 0 aromatic heterocycles. The maximum absolute atomic E-state index is 13.5. The fourth-order valence-electron chi connectivity index (χ4n) is 5.89. The van der Waals surface area contributed by atoms with Crippen molar-refractivity contribution in [3.8, 4) is 0 Å². The molecule has 0 radical (unpaired) electrons. The molecule has 8 atom stereocenters. The summed E-state index contributed by atoms with van der Waals surface area (Å²) in [4.78, 5) is 11.8. The number of ether oxygens (including phenoxy) is 3. The summed E-state index contributed by atoms with van der Waals surface area (Å²) in [6.07, 6.45) is 1.71. The lowest BCUT2D eigenvalue weighted by Crippen LogP contribution is -2.75. The zero-order valence-electron chi connectivity index (χ0n) is 17.1. The van der Waals surface area contributed by atoms with Crippen LogP contribution in [0.25, 0.3) is 0 Å². The summed E-state index contributed by atoms with van der Waals surface area (Å²) in [7, 11) is 0. The average molecular weight is 408 g/mol. The Kier molecular flexibility index (Phi) is 4.59. The Morgan fingerprint density at radius 2 is 2.03 bits per heavy atom. The van der Waals surface area contributed by atoms with Gasteiger partial charge in [0.05, 0.1) is 6.61 Å². The van der Waals surface area contributed by atoms with Crippen molar-refractivity contribution in [1.82, 2.24) is 0 Å². The van der Waals surface area contributed by atoms with Crippen LogP contribution in [-0.2, 0) is 30.6 Å². The maximum Gasteiger partial charge on any atom is 0.201 e. The molecule has 2 bridgehead atoms. The van der Waals surface area contributed by atoms with E-state index in [-0.39, 0.29) is 24.3 Å². The predicted octanol–water partition coefficient (Wildman–Crippen LogP) is 3.67. The van der Waals surface area contributed by atoms with E-state index in [2.05, 4.69) is 6.92 Å². The molecule has 5 aliphatic rings. The van der Waals surface area contributed by atoms with Gasteiger partial charge in [-0.15, -0.1) is 0 Å². The highest BCUT2D eigenvalue weighted by Crippen LogP contribution is 2.61. The Balaban J connectivity index is 1.46. The van der Waals surface area contributed by atoms with E-state index in [1.807, 2.05) is 6.92 Å². The van der Waals surface area contributed by atoms with Crippen molar-refractivity contribution in [3.63, 3.8) is 0 Å². The number of fused-ring (bicyclic) bond motifs is 2. The monoisotopic (exact) mass is 408 g/mol. The van der Waals surface area contributed by atoms with Gasteiger partial charge in [-0.25, -0.2) is 14.2 Å². The standard InChI is InChI=1S/C22H29FO6/c1-13-7-8-17-21(3,24)18(25-12-14-5-4-6-15(23)11-14)26-19-22(17)16(13)9-10-20(2,27-19)28-29-22/h4-6,11,13,16-19,24H,7-10,12H2,1-3H3/t13-,16+,17+,18+,19-,20-,21-,22-/m1/s1. The molecular weight excluding hydrogens is 379 g/mol. The Morgan fingerprint density at radius 3 is 2.83 bits per heavy atom. The van der Waals surface area contributed by atoms with Crippen molar-refractivity contribution in [2.75, 3.05) is 0 Å². The smallest absolute Gasteiger partial charge is 0.201 e. The number of hydrogen-bond donors (Lipinski definition) is 1. The highest BCUT2D eigenvalue weighted by Gasteiger charge is 2.73. The lowest BCUT2D eigenvalue weighted by Gasteiger charge is -2.62. The molecule has 29 heavy (non-hydrogen) atoms. The second-order valence-corrected chi connectivity index (χ2v) is 9.49. The summed E-state index contributed by atoms with van der Waals surface area (Å²) >= 11 is 0. The number of halogens is 1. The number of rotatable bonds is 3. The molecule has 0 unspecified atom stereocenters. The fourth-order valence-corrected chi connectivity index (χ4v) is 5.89. The summed E-state index contributed by atoms with van der Waals surface area (Å²) in [5.74, 6) is -0.909. The minimum absolute atomic E-state index is 0.124. The van der Waals surface area contributed by atoms with E-state index in [9.17, 15) is 9.50 Å². The molecule has 1 aliphatic carbocycles. The predicted molar refractivity (Wildman–Crippen MR) is 99.5 cm³/mol. The third-order valence-electron chi connectivity index (χ3n) is 7.44. The normalized spacial score (nSPS) is 48.8. The van der Waals surface area contributed by atoms with E-state index in [1.54, 1.807) is 19.1 Å². The van der Waals surface area contributed by atoms with Gasteiger partial charge in [0.1, 0.15) is 11.4 Å². The first kappa shape index (κ1) is 19.8. The first-order valence-corrected chi connectivity index (χ1v) is 10.5. The third kappa shape index (κ3) is 2.98. The summed E-state index contributed by atoms with van der Waals surface area (Å²) < 4.78 is 32.0. The molecule has 6 rings (SSSR count). The molecule has 7 heteroatoms. The van der Waals surface area contributed by atoms with Gasteiger partial charge in [-0.2, -0.15) is 0 Å². The second kappa shape index (κ2) is 6.70. The zero-order valence-corrected chi connectivity index (χ0v) is 17.1. The van der Waals surface area contributed by atoms with Crippen molar-refractivity contribution in [1.29, 1.82) is 0 Å². The van der Waals surface area contributed by atoms with E-state index < -0.39 is 29.6 Å². The van der Waals surface area contributed by atoms with E-state index >= 15 is 0 Å². The van der Waals surface area contributed by atoms with Gasteiger partial charge < -0.3 is 19.3 Å². The van der Waals surface area contributed by atoms with Crippen LogP contribution in [0.3, 0.4) is 0 Å². The third-order valence-corrected chi connectivity index (χ3v) is 7.44. The highest BCUT2D eigenvalue weighted by atomic mass is 19.1. The average Bonchev–Trinajstić information content (AvgIpc) is 2.89. The molecule has 1 aromatic rings. The molecule has 1 aromatic carbocycles. The molecule has 160 valence electrons. The zero-order chi connectivity index (χ0) is 20.4. The molecule has 1 N–H and O–H groups in total. The first-order valence-electron chi connectivity index (χ1n) is 10.5. The minimum Gasteiger partial charge on any atom is -0.384 e. The summed E-state index contributed by atoms with van der Waals surface area (Å²) in [5, 5.41) is 11.6. The van der Waals surface area contributed by atoms with Crippen LogP contribution in [0.1, 0.15) is 52.0 Å². The van der Waals surface area contributed by atoms with Gasteiger partial charge in [-0.1, -0.05) is 19.1 Å². The van der Waals surface area contributed by atoms with E-state index in [0.29, 0.717) is 17.9 Å². The van der Waals surface area contributed by atoms with Crippen LogP contribution in [0.2, 0.25) is 0 Å². The van der Waals surface area contributed by atoms with Crippen molar-refractivity contribution in [2.24, 2.45) is 17.8 Å². The Labute approximate surface area is 170 Å². The van der Waals surface area contributed by atoms with Gasteiger partial charge in [0.25, 0.3) is 0 Å². The summed E-state index contributed by atoms with van der Waals surface area (Å²) in [6.45, 7) is 5.93. The van der Waals surface area contributed by atoms with Crippen LogP contribution in [0, 0.1) is 23.6 Å². The van der Waals surface area contributed by atoms with Crippen LogP contribution in [-0.4, -0.2) is 34.7 Å². The molecule has 1 spiro atoms. The molecule has 5 fully saturated rings. The molecule has 4 saturated heterocycles. The molecular formula is C22H29FO6. The van der Waals surface area contributed by atoms with Crippen molar-refractivity contribution in [3.05, 3.63) is 35.6 Å². The molecule has 4 heterocycles. The quantitative estimate of drug-likeness (QED) is 0.770. The van der Waals surface area contributed by atoms with Crippen molar-refractivity contribution in [2.45, 2.75) is 82.6 Å². The van der Waals surface area contributed by atoms with Crippen molar-refractivity contribution < 1.29 is 33.5 Å². The lowest BCUT2D eigenvalue weighted by atomic mass is 9.57. The van der Waals surface area contributed by atoms with E-state index in [1.165, 1.54) is 12.1 Å². The second-order valence-electron chi connectivity index (χ2n) is 9.49. The lowest BCUT2D eigenvalue weighted by molar-refractivity contribution is -0.584. The van der Waals surface area contributed by atoms with Gasteiger partial charge in [0.2, 0.25) is 5.79 Å². The number of aliphatic hydroxyl groups is 1. The van der Waals surface area contributed by atoms with Gasteiger partial charge >= 0.3 is 0 Å². The van der Waals surface area contributed by atoms with Crippen LogP contribution in [0.15, 0.2) is 24.3 Å². The Morgan fingerprint density at radius 1 is 1.21 bits per heavy atom. The summed E-state index contributed by atoms with van der Waals surface area (Å²) in [5.41, 5.74) is -1.50. The largest absolute Gasteiger partial charge is 0.384 e. The molecule has 1 saturated carbocycles. The Bertz CT molecular complexity index is 786. The first-order chi connectivity index (χ1) is 13.7. The van der Waals surface area contributed by atoms with Crippen LogP contribution in [0.4, 0.5) is 4.39 Å². The summed E-state index contributed by atoms with van der Waals surface area (Å²) in [6, 6.07) is 6.22. The molecule has 6 nitrogen and oxygen atoms in total. The van der Waals surface area contributed by atoms with Gasteiger partial charge in [0.15, 0.2) is 18.2 Å². The van der Waals surface area contributed by atoms with Gasteiger partial charge in [-0.05, 0) is 62.6 Å².